The van der Waals surface area contributed by atoms with Crippen molar-refractivity contribution in [2.75, 3.05) is 107 Å². The summed E-state index contributed by atoms with van der Waals surface area (Å²) in [6, 6.07) is 5.05. The molecule has 6 amide bonds. The number of rotatable bonds is 43. The van der Waals surface area contributed by atoms with Crippen molar-refractivity contribution in [3.8, 4) is 0 Å². The summed E-state index contributed by atoms with van der Waals surface area (Å²) in [5.74, 6) is -3.09. The van der Waals surface area contributed by atoms with Crippen molar-refractivity contribution >= 4 is 94.2 Å². The number of nitrogens with zero attached hydrogens (tertiary/aromatic N) is 6. The standard InChI is InChI=1S/C60H86Cl4N12O18/c1-59(2,3)93-57(83)69-49(55(81)67-47(35-53(79)85-7)39-27-41(61)31-42(62)28-39)33-45-37-75(73-71-45)13-17-89-21-25-91-23-19-87-15-11-65-51(77)9-10-52(78)66-12-16-88-20-24-92-26-22-90-18-14-76-38-46(72-74-76)34-50(70-58(84)94-60(4,5)6)56(82)68-48(36-54(80)86-8)40-29-43(63)32-44(64)30-40/h27-32,37-38,47-50H,9-26,33-36H2,1-8H3,(H,65,77)(H,66,78)(H,67,81)(H,68,82)(H,69,83)(H,70,84)/t47?,48?,49-,50-/m0/s1. The molecule has 2 heterocycles. The number of benzene rings is 2. The van der Waals surface area contributed by atoms with Crippen molar-refractivity contribution < 1.29 is 85.7 Å². The molecule has 0 fully saturated rings. The lowest BCUT2D eigenvalue weighted by atomic mass is 10.0. The first-order valence-electron chi connectivity index (χ1n) is 30.1. The van der Waals surface area contributed by atoms with Gasteiger partial charge in [-0.25, -0.2) is 19.0 Å². The highest BCUT2D eigenvalue weighted by Crippen LogP contribution is 2.28. The van der Waals surface area contributed by atoms with E-state index in [1.165, 1.54) is 35.7 Å². The highest BCUT2D eigenvalue weighted by Gasteiger charge is 2.31. The molecule has 6 N–H and O–H groups in total. The summed E-state index contributed by atoms with van der Waals surface area (Å²) in [5.41, 5.74) is -0.0630. The quantitative estimate of drug-likeness (QED) is 0.0193. The number of hydrogen-bond acceptors (Lipinski definition) is 22. The average Bonchev–Trinajstić information content (AvgIpc) is 1.08. The number of amides is 6. The highest BCUT2D eigenvalue weighted by atomic mass is 35.5. The molecule has 0 spiro atoms. The maximum atomic E-state index is 13.7. The number of aromatic nitrogens is 6. The predicted molar refractivity (Wildman–Crippen MR) is 342 cm³/mol. The molecular formula is C60H86Cl4N12O18. The Morgan fingerprint density at radius 2 is 0.777 bits per heavy atom. The second-order valence-corrected chi connectivity index (χ2v) is 24.5. The molecule has 0 aliphatic heterocycles. The van der Waals surface area contributed by atoms with Gasteiger partial charge in [0.1, 0.15) is 23.3 Å². The van der Waals surface area contributed by atoms with Gasteiger partial charge in [0.15, 0.2) is 0 Å². The Morgan fingerprint density at radius 3 is 1.10 bits per heavy atom. The Balaban J connectivity index is 0.992. The minimum Gasteiger partial charge on any atom is -0.469 e. The fourth-order valence-corrected chi connectivity index (χ4v) is 9.34. The molecule has 0 radical (unpaired) electrons. The number of methoxy groups -OCH3 is 2. The fourth-order valence-electron chi connectivity index (χ4n) is 8.25. The highest BCUT2D eigenvalue weighted by molar-refractivity contribution is 6.35. The second kappa shape index (κ2) is 42.4. The van der Waals surface area contributed by atoms with Crippen molar-refractivity contribution in [3.05, 3.63) is 91.4 Å². The van der Waals surface area contributed by atoms with Crippen LogP contribution < -0.4 is 31.9 Å². The first-order chi connectivity index (χ1) is 44.7. The summed E-state index contributed by atoms with van der Waals surface area (Å²) in [5, 5.41) is 33.9. The maximum absolute atomic E-state index is 13.7. The van der Waals surface area contributed by atoms with Crippen LogP contribution in [0.5, 0.6) is 0 Å². The SMILES string of the molecule is COC(=O)CC(NC(=O)[C@H](Cc1cn(CCOCCOCCOCCNC(=O)CCC(=O)NCCOCCOCCOCCn2cc(C[C@H](NC(=O)OC(C)(C)C)C(=O)NC(CC(=O)OC)c3cc(Cl)cc(Cl)c3)nn2)nn1)NC(=O)OC(C)(C)C)c1cc(Cl)cc(Cl)c1. The zero-order valence-corrected chi connectivity index (χ0v) is 57.1. The third-order valence-electron chi connectivity index (χ3n) is 12.6. The monoisotopic (exact) mass is 1400 g/mol. The molecule has 30 nitrogen and oxygen atoms in total. The first kappa shape index (κ1) is 79.4. The van der Waals surface area contributed by atoms with E-state index < -0.39 is 71.3 Å². The van der Waals surface area contributed by atoms with Crippen LogP contribution in [0.4, 0.5) is 9.59 Å². The van der Waals surface area contributed by atoms with Gasteiger partial charge in [0, 0.05) is 71.3 Å². The molecule has 4 aromatic rings. The number of hydrogen-bond donors (Lipinski definition) is 6. The molecule has 4 rings (SSSR count). The summed E-state index contributed by atoms with van der Waals surface area (Å²) in [6.07, 6.45) is 0.892. The van der Waals surface area contributed by atoms with Crippen LogP contribution in [0.1, 0.15) is 102 Å². The van der Waals surface area contributed by atoms with Crippen LogP contribution >= 0.6 is 46.4 Å². The third kappa shape index (κ3) is 34.4. The number of alkyl carbamates (subject to hydrolysis) is 2. The van der Waals surface area contributed by atoms with Crippen molar-refractivity contribution in [1.29, 1.82) is 0 Å². The third-order valence-corrected chi connectivity index (χ3v) is 13.4. The first-order valence-corrected chi connectivity index (χ1v) is 31.6. The van der Waals surface area contributed by atoms with Gasteiger partial charge in [-0.15, -0.1) is 10.2 Å². The van der Waals surface area contributed by atoms with Gasteiger partial charge in [0.25, 0.3) is 0 Å². The molecule has 2 aromatic carbocycles. The van der Waals surface area contributed by atoms with Gasteiger partial charge >= 0.3 is 24.1 Å². The number of esters is 2. The molecule has 2 unspecified atom stereocenters. The van der Waals surface area contributed by atoms with Crippen molar-refractivity contribution in [2.45, 2.75) is 129 Å². The average molecular weight is 1410 g/mol. The molecule has 0 aliphatic carbocycles. The maximum Gasteiger partial charge on any atom is 0.408 e. The Morgan fingerprint density at radius 1 is 0.457 bits per heavy atom. The summed E-state index contributed by atoms with van der Waals surface area (Å²) in [4.78, 5) is 102. The zero-order valence-electron chi connectivity index (χ0n) is 54.0. The van der Waals surface area contributed by atoms with Crippen LogP contribution in [-0.2, 0) is 102 Å². The van der Waals surface area contributed by atoms with Crippen LogP contribution in [0.3, 0.4) is 0 Å². The topological polar surface area (TPSA) is 362 Å². The summed E-state index contributed by atoms with van der Waals surface area (Å²) in [7, 11) is 2.44. The van der Waals surface area contributed by atoms with Gasteiger partial charge in [-0.1, -0.05) is 56.8 Å². The van der Waals surface area contributed by atoms with E-state index in [9.17, 15) is 38.4 Å². The van der Waals surface area contributed by atoms with E-state index in [-0.39, 0.29) is 116 Å². The number of carbonyl (C=O) groups excluding carboxylic acids is 8. The lowest BCUT2D eigenvalue weighted by Gasteiger charge is -2.25. The van der Waals surface area contributed by atoms with E-state index >= 15 is 0 Å². The fraction of sp³-hybridized carbons (Fsp3) is 0.600. The van der Waals surface area contributed by atoms with E-state index in [2.05, 4.69) is 52.5 Å². The Kier molecular flexibility index (Phi) is 35.9. The van der Waals surface area contributed by atoms with Crippen LogP contribution in [0.2, 0.25) is 20.1 Å². The molecule has 4 atom stereocenters. The van der Waals surface area contributed by atoms with Gasteiger partial charge in [-0.3, -0.25) is 28.8 Å². The Bertz CT molecular complexity index is 2800. The summed E-state index contributed by atoms with van der Waals surface area (Å²) < 4.78 is 57.0. The van der Waals surface area contributed by atoms with E-state index in [1.807, 2.05) is 0 Å². The number of nitrogens with one attached hydrogen (secondary N) is 6. The molecule has 0 saturated carbocycles. The minimum atomic E-state index is -1.19. The smallest absolute Gasteiger partial charge is 0.408 e. The van der Waals surface area contributed by atoms with Crippen LogP contribution in [0, 0.1) is 0 Å². The number of ether oxygens (including phenoxy) is 10. The van der Waals surface area contributed by atoms with Gasteiger partial charge < -0.3 is 79.3 Å². The Labute approximate surface area is 565 Å². The summed E-state index contributed by atoms with van der Waals surface area (Å²) >= 11 is 24.9. The molecule has 94 heavy (non-hydrogen) atoms. The largest absolute Gasteiger partial charge is 0.469 e. The molecular weight excluding hydrogens is 1320 g/mol. The van der Waals surface area contributed by atoms with Crippen molar-refractivity contribution in [2.24, 2.45) is 0 Å². The number of halogens is 4. The van der Waals surface area contributed by atoms with Gasteiger partial charge in [0.2, 0.25) is 23.6 Å². The second-order valence-electron chi connectivity index (χ2n) is 22.7. The van der Waals surface area contributed by atoms with E-state index in [4.69, 9.17) is 93.8 Å². The molecule has 34 heteroatoms. The Hall–Kier alpha value is -7.00. The molecule has 2 aromatic heterocycles. The molecule has 0 aliphatic rings. The van der Waals surface area contributed by atoms with Gasteiger partial charge in [-0.05, 0) is 89.1 Å². The van der Waals surface area contributed by atoms with Crippen LogP contribution in [0.25, 0.3) is 0 Å². The minimum absolute atomic E-state index is 0.00169. The molecule has 522 valence electrons. The van der Waals surface area contributed by atoms with Crippen molar-refractivity contribution in [1.82, 2.24) is 61.9 Å². The van der Waals surface area contributed by atoms with E-state index in [0.717, 1.165) is 0 Å². The zero-order chi connectivity index (χ0) is 69.1. The molecule has 0 bridgehead atoms. The van der Waals surface area contributed by atoms with Crippen LogP contribution in [0.15, 0.2) is 48.8 Å². The van der Waals surface area contributed by atoms with E-state index in [0.29, 0.717) is 82.1 Å². The summed E-state index contributed by atoms with van der Waals surface area (Å²) in [6.45, 7) is 14.6. The molecule has 0 saturated heterocycles. The number of carbonyl (C=O) groups is 8. The van der Waals surface area contributed by atoms with Gasteiger partial charge in [-0.2, -0.15) is 0 Å². The van der Waals surface area contributed by atoms with E-state index in [1.54, 1.807) is 78.2 Å². The normalized spacial score (nSPS) is 12.8. The van der Waals surface area contributed by atoms with Crippen molar-refractivity contribution in [3.63, 3.8) is 0 Å². The predicted octanol–water partition coefficient (Wildman–Crippen LogP) is 5.01. The van der Waals surface area contributed by atoms with Crippen LogP contribution in [-0.4, -0.2) is 208 Å². The lowest BCUT2D eigenvalue weighted by Crippen LogP contribution is -2.50. The van der Waals surface area contributed by atoms with Gasteiger partial charge in [0.05, 0.1) is 143 Å². The lowest BCUT2D eigenvalue weighted by molar-refractivity contribution is -0.142.